The first-order valence-electron chi connectivity index (χ1n) is 6.41. The topological polar surface area (TPSA) is 52.0 Å². The molecule has 5 heteroatoms. The molecule has 1 aliphatic rings. The van der Waals surface area contributed by atoms with Gasteiger partial charge in [0.05, 0.1) is 6.61 Å². The largest absolute Gasteiger partial charge is 0.383 e. The molecule has 3 heterocycles. The lowest BCUT2D eigenvalue weighted by atomic mass is 10.1. The Morgan fingerprint density at radius 1 is 1.56 bits per heavy atom. The number of hydrogen-bond donors (Lipinski definition) is 1. The minimum Gasteiger partial charge on any atom is -0.383 e. The highest BCUT2D eigenvalue weighted by atomic mass is 16.5. The SMILES string of the molecule is COCCn1c(C2CCNC2)nc2cccnc21. The van der Waals surface area contributed by atoms with Crippen molar-refractivity contribution in [2.45, 2.75) is 18.9 Å². The first kappa shape index (κ1) is 11.6. The number of aromatic nitrogens is 3. The fourth-order valence-corrected chi connectivity index (χ4v) is 2.57. The Balaban J connectivity index is 2.04. The highest BCUT2D eigenvalue weighted by Gasteiger charge is 2.23. The van der Waals surface area contributed by atoms with Crippen molar-refractivity contribution in [3.8, 4) is 0 Å². The van der Waals surface area contributed by atoms with Gasteiger partial charge in [0.25, 0.3) is 0 Å². The second-order valence-electron chi connectivity index (χ2n) is 4.65. The van der Waals surface area contributed by atoms with Crippen molar-refractivity contribution in [3.63, 3.8) is 0 Å². The third-order valence-electron chi connectivity index (χ3n) is 3.48. The number of rotatable bonds is 4. The third kappa shape index (κ3) is 2.00. The number of hydrogen-bond acceptors (Lipinski definition) is 4. The molecule has 2 aromatic heterocycles. The summed E-state index contributed by atoms with van der Waals surface area (Å²) in [6.45, 7) is 3.59. The van der Waals surface area contributed by atoms with E-state index in [2.05, 4.69) is 14.9 Å². The Kier molecular flexibility index (Phi) is 3.25. The second-order valence-corrected chi connectivity index (χ2v) is 4.65. The summed E-state index contributed by atoms with van der Waals surface area (Å²) in [6.07, 6.45) is 2.97. The standard InChI is InChI=1S/C13H18N4O/c1-18-8-7-17-12(10-4-6-14-9-10)16-11-3-2-5-15-13(11)17/h2-3,5,10,14H,4,6-9H2,1H3. The van der Waals surface area contributed by atoms with Crippen LogP contribution < -0.4 is 5.32 Å². The van der Waals surface area contributed by atoms with Crippen LogP contribution in [0.5, 0.6) is 0 Å². The molecular weight excluding hydrogens is 228 g/mol. The molecular formula is C13H18N4O. The minimum atomic E-state index is 0.496. The molecule has 1 N–H and O–H groups in total. The van der Waals surface area contributed by atoms with Crippen LogP contribution in [0, 0.1) is 0 Å². The number of imidazole rings is 1. The van der Waals surface area contributed by atoms with E-state index in [9.17, 15) is 0 Å². The molecule has 1 unspecified atom stereocenters. The molecule has 1 saturated heterocycles. The Morgan fingerprint density at radius 2 is 2.50 bits per heavy atom. The summed E-state index contributed by atoms with van der Waals surface area (Å²) in [5.41, 5.74) is 1.95. The maximum Gasteiger partial charge on any atom is 0.160 e. The van der Waals surface area contributed by atoms with E-state index >= 15 is 0 Å². The van der Waals surface area contributed by atoms with Gasteiger partial charge >= 0.3 is 0 Å². The van der Waals surface area contributed by atoms with Crippen LogP contribution in [0.4, 0.5) is 0 Å². The third-order valence-corrected chi connectivity index (χ3v) is 3.48. The van der Waals surface area contributed by atoms with E-state index in [1.165, 1.54) is 0 Å². The van der Waals surface area contributed by atoms with E-state index in [0.717, 1.165) is 43.0 Å². The van der Waals surface area contributed by atoms with Gasteiger partial charge in [0.15, 0.2) is 5.65 Å². The Labute approximate surface area is 106 Å². The van der Waals surface area contributed by atoms with Gasteiger partial charge in [0, 0.05) is 32.3 Å². The van der Waals surface area contributed by atoms with Crippen molar-refractivity contribution in [1.82, 2.24) is 19.9 Å². The molecule has 0 aromatic carbocycles. The van der Waals surface area contributed by atoms with E-state index in [4.69, 9.17) is 9.72 Å². The average molecular weight is 246 g/mol. The maximum absolute atomic E-state index is 5.19. The van der Waals surface area contributed by atoms with Crippen molar-refractivity contribution in [3.05, 3.63) is 24.2 Å². The van der Waals surface area contributed by atoms with Gasteiger partial charge in [-0.3, -0.25) is 0 Å². The van der Waals surface area contributed by atoms with Crippen LogP contribution in [0.1, 0.15) is 18.2 Å². The molecule has 2 aromatic rings. The summed E-state index contributed by atoms with van der Waals surface area (Å²) in [5, 5.41) is 3.39. The van der Waals surface area contributed by atoms with E-state index < -0.39 is 0 Å². The number of ether oxygens (including phenoxy) is 1. The number of fused-ring (bicyclic) bond motifs is 1. The summed E-state index contributed by atoms with van der Waals surface area (Å²) < 4.78 is 7.39. The number of methoxy groups -OCH3 is 1. The summed E-state index contributed by atoms with van der Waals surface area (Å²) >= 11 is 0. The van der Waals surface area contributed by atoms with E-state index in [1.54, 1.807) is 7.11 Å². The van der Waals surface area contributed by atoms with Gasteiger partial charge in [0.2, 0.25) is 0 Å². The Bertz CT molecular complexity index is 531. The highest BCUT2D eigenvalue weighted by Crippen LogP contribution is 2.25. The fourth-order valence-electron chi connectivity index (χ4n) is 2.57. The molecule has 0 radical (unpaired) electrons. The lowest BCUT2D eigenvalue weighted by molar-refractivity contribution is 0.187. The van der Waals surface area contributed by atoms with E-state index in [1.807, 2.05) is 18.3 Å². The monoisotopic (exact) mass is 246 g/mol. The molecule has 0 saturated carbocycles. The highest BCUT2D eigenvalue weighted by molar-refractivity contribution is 5.71. The smallest absolute Gasteiger partial charge is 0.160 e. The fraction of sp³-hybridized carbons (Fsp3) is 0.538. The Morgan fingerprint density at radius 3 is 3.28 bits per heavy atom. The summed E-state index contributed by atoms with van der Waals surface area (Å²) in [7, 11) is 1.73. The first-order valence-corrected chi connectivity index (χ1v) is 6.41. The van der Waals surface area contributed by atoms with E-state index in [0.29, 0.717) is 12.5 Å². The van der Waals surface area contributed by atoms with Crippen LogP contribution in [-0.4, -0.2) is 41.3 Å². The van der Waals surface area contributed by atoms with Gasteiger partial charge < -0.3 is 14.6 Å². The molecule has 96 valence electrons. The van der Waals surface area contributed by atoms with Gasteiger partial charge in [-0.25, -0.2) is 9.97 Å². The number of pyridine rings is 1. The van der Waals surface area contributed by atoms with Crippen molar-refractivity contribution in [2.75, 3.05) is 26.8 Å². The van der Waals surface area contributed by atoms with Crippen molar-refractivity contribution in [2.24, 2.45) is 0 Å². The predicted octanol–water partition coefficient (Wildman–Crippen LogP) is 1.15. The van der Waals surface area contributed by atoms with Crippen LogP contribution >= 0.6 is 0 Å². The van der Waals surface area contributed by atoms with Crippen LogP contribution in [0.25, 0.3) is 11.2 Å². The average Bonchev–Trinajstić information content (AvgIpc) is 3.03. The molecule has 18 heavy (non-hydrogen) atoms. The summed E-state index contributed by atoms with van der Waals surface area (Å²) in [4.78, 5) is 9.20. The van der Waals surface area contributed by atoms with Crippen LogP contribution in [0.15, 0.2) is 18.3 Å². The summed E-state index contributed by atoms with van der Waals surface area (Å²) in [6, 6.07) is 3.96. The normalized spacial score (nSPS) is 19.7. The molecule has 5 nitrogen and oxygen atoms in total. The predicted molar refractivity (Wildman–Crippen MR) is 69.6 cm³/mol. The molecule has 0 bridgehead atoms. The molecule has 1 fully saturated rings. The first-order chi connectivity index (χ1) is 8.90. The quantitative estimate of drug-likeness (QED) is 0.879. The van der Waals surface area contributed by atoms with Crippen LogP contribution in [0.2, 0.25) is 0 Å². The molecule has 0 amide bonds. The number of nitrogens with one attached hydrogen (secondary N) is 1. The van der Waals surface area contributed by atoms with E-state index in [-0.39, 0.29) is 0 Å². The van der Waals surface area contributed by atoms with Gasteiger partial charge in [-0.2, -0.15) is 0 Å². The van der Waals surface area contributed by atoms with Crippen molar-refractivity contribution >= 4 is 11.2 Å². The van der Waals surface area contributed by atoms with Gasteiger partial charge in [-0.1, -0.05) is 0 Å². The lowest BCUT2D eigenvalue weighted by Gasteiger charge is -2.12. The summed E-state index contributed by atoms with van der Waals surface area (Å²) in [5.74, 6) is 1.64. The zero-order valence-electron chi connectivity index (χ0n) is 10.6. The molecule has 1 atom stereocenters. The van der Waals surface area contributed by atoms with Gasteiger partial charge in [-0.15, -0.1) is 0 Å². The van der Waals surface area contributed by atoms with Crippen LogP contribution in [-0.2, 0) is 11.3 Å². The van der Waals surface area contributed by atoms with Gasteiger partial charge in [-0.05, 0) is 25.1 Å². The lowest BCUT2D eigenvalue weighted by Crippen LogP contribution is -2.15. The molecule has 0 spiro atoms. The zero-order valence-corrected chi connectivity index (χ0v) is 10.6. The Hall–Kier alpha value is -1.46. The van der Waals surface area contributed by atoms with Gasteiger partial charge in [0.1, 0.15) is 11.3 Å². The molecule has 0 aliphatic carbocycles. The number of nitrogens with zero attached hydrogens (tertiary/aromatic N) is 3. The zero-order chi connectivity index (χ0) is 12.4. The molecule has 3 rings (SSSR count). The van der Waals surface area contributed by atoms with Crippen molar-refractivity contribution in [1.29, 1.82) is 0 Å². The minimum absolute atomic E-state index is 0.496. The van der Waals surface area contributed by atoms with Crippen molar-refractivity contribution < 1.29 is 4.74 Å². The molecule has 1 aliphatic heterocycles. The maximum atomic E-state index is 5.19. The van der Waals surface area contributed by atoms with Crippen LogP contribution in [0.3, 0.4) is 0 Å². The second kappa shape index (κ2) is 5.04.